The number of nitrogens with one attached hydrogen (secondary N) is 1. The van der Waals surface area contributed by atoms with Gasteiger partial charge in [0.2, 0.25) is 5.91 Å². The fourth-order valence-electron chi connectivity index (χ4n) is 2.32. The van der Waals surface area contributed by atoms with E-state index in [9.17, 15) is 9.59 Å². The Hall–Kier alpha value is -2.63. The highest BCUT2D eigenvalue weighted by molar-refractivity contribution is 5.97. The van der Waals surface area contributed by atoms with Gasteiger partial charge in [-0.25, -0.2) is 4.98 Å². The number of hydrogen-bond donors (Lipinski definition) is 1. The molecule has 1 aromatic carbocycles. The lowest BCUT2D eigenvalue weighted by atomic mass is 10.2. The van der Waals surface area contributed by atoms with Gasteiger partial charge in [-0.3, -0.25) is 9.59 Å². The summed E-state index contributed by atoms with van der Waals surface area (Å²) in [6.07, 6.45) is 0. The van der Waals surface area contributed by atoms with Gasteiger partial charge in [0, 0.05) is 18.5 Å². The van der Waals surface area contributed by atoms with Crippen LogP contribution in [0.5, 0.6) is 5.75 Å². The molecule has 0 saturated carbocycles. The van der Waals surface area contributed by atoms with E-state index in [4.69, 9.17) is 4.74 Å². The third-order valence-electron chi connectivity index (χ3n) is 3.44. The van der Waals surface area contributed by atoms with E-state index < -0.39 is 0 Å². The predicted molar refractivity (Wildman–Crippen MR) is 77.2 cm³/mol. The summed E-state index contributed by atoms with van der Waals surface area (Å²) in [7, 11) is 1.61. The lowest BCUT2D eigenvalue weighted by molar-refractivity contribution is -0.123. The minimum absolute atomic E-state index is 0.0845. The van der Waals surface area contributed by atoms with Gasteiger partial charge in [-0.05, 0) is 24.3 Å². The molecule has 108 valence electrons. The van der Waals surface area contributed by atoms with Crippen LogP contribution in [-0.2, 0) is 4.79 Å². The Labute approximate surface area is 121 Å². The van der Waals surface area contributed by atoms with Crippen molar-refractivity contribution in [3.8, 4) is 5.75 Å². The normalized spacial score (nSPS) is 14.9. The molecular weight excluding hydrogens is 270 g/mol. The Bertz CT molecular complexity index is 714. The second-order valence-electron chi connectivity index (χ2n) is 4.83. The molecule has 3 rings (SSSR count). The highest BCUT2D eigenvalue weighted by atomic mass is 16.5. The van der Waals surface area contributed by atoms with Crippen molar-refractivity contribution in [1.82, 2.24) is 15.2 Å². The van der Waals surface area contributed by atoms with Crippen LogP contribution < -0.4 is 10.1 Å². The van der Waals surface area contributed by atoms with Gasteiger partial charge in [0.05, 0.1) is 19.2 Å². The number of benzene rings is 1. The second kappa shape index (κ2) is 5.40. The van der Waals surface area contributed by atoms with Gasteiger partial charge in [-0.15, -0.1) is 0 Å². The number of carbonyl (C=O) groups is 2. The Morgan fingerprint density at radius 2 is 2.19 bits per heavy atom. The molecule has 0 spiro atoms. The molecule has 2 heterocycles. The van der Waals surface area contributed by atoms with Crippen LogP contribution in [0.4, 0.5) is 0 Å². The lowest BCUT2D eigenvalue weighted by Crippen LogP contribution is -2.50. The molecule has 0 atom stereocenters. The van der Waals surface area contributed by atoms with Crippen LogP contribution in [0, 0.1) is 0 Å². The van der Waals surface area contributed by atoms with E-state index in [2.05, 4.69) is 10.3 Å². The van der Waals surface area contributed by atoms with Gasteiger partial charge in [-0.1, -0.05) is 6.07 Å². The van der Waals surface area contributed by atoms with Crippen LogP contribution in [0.15, 0.2) is 30.3 Å². The summed E-state index contributed by atoms with van der Waals surface area (Å²) < 4.78 is 5.16. The van der Waals surface area contributed by atoms with E-state index in [1.807, 2.05) is 18.2 Å². The molecule has 0 unspecified atom stereocenters. The van der Waals surface area contributed by atoms with Gasteiger partial charge in [0.25, 0.3) is 5.91 Å². The van der Waals surface area contributed by atoms with Gasteiger partial charge < -0.3 is 15.0 Å². The summed E-state index contributed by atoms with van der Waals surface area (Å²) in [6.45, 7) is 1.07. The smallest absolute Gasteiger partial charge is 0.273 e. The maximum Gasteiger partial charge on any atom is 0.273 e. The molecule has 2 amide bonds. The molecule has 1 fully saturated rings. The van der Waals surface area contributed by atoms with Gasteiger partial charge in [0.15, 0.2) is 0 Å². The first kappa shape index (κ1) is 13.4. The zero-order valence-electron chi connectivity index (χ0n) is 11.6. The standard InChI is InChI=1S/C15H15N3O3/c1-21-11-3-5-12-10(8-11)2-4-13(17-12)15(20)18-7-6-16-14(19)9-18/h2-5,8H,6-7,9H2,1H3,(H,16,19). The largest absolute Gasteiger partial charge is 0.497 e. The highest BCUT2D eigenvalue weighted by Gasteiger charge is 2.23. The van der Waals surface area contributed by atoms with E-state index in [1.165, 1.54) is 4.90 Å². The van der Waals surface area contributed by atoms with Crippen molar-refractivity contribution in [2.75, 3.05) is 26.7 Å². The van der Waals surface area contributed by atoms with E-state index in [0.29, 0.717) is 18.8 Å². The summed E-state index contributed by atoms with van der Waals surface area (Å²) >= 11 is 0. The summed E-state index contributed by atoms with van der Waals surface area (Å²) in [5, 5.41) is 3.60. The van der Waals surface area contributed by atoms with Crippen molar-refractivity contribution in [1.29, 1.82) is 0 Å². The first-order valence-corrected chi connectivity index (χ1v) is 6.68. The second-order valence-corrected chi connectivity index (χ2v) is 4.83. The molecule has 1 aliphatic rings. The van der Waals surface area contributed by atoms with E-state index in [-0.39, 0.29) is 18.4 Å². The Morgan fingerprint density at radius 3 is 2.95 bits per heavy atom. The minimum atomic E-state index is -0.220. The summed E-state index contributed by atoms with van der Waals surface area (Å²) in [4.78, 5) is 29.6. The topological polar surface area (TPSA) is 71.5 Å². The highest BCUT2D eigenvalue weighted by Crippen LogP contribution is 2.20. The van der Waals surface area contributed by atoms with Gasteiger partial charge in [-0.2, -0.15) is 0 Å². The average Bonchev–Trinajstić information content (AvgIpc) is 2.53. The molecule has 1 N–H and O–H groups in total. The molecule has 0 bridgehead atoms. The van der Waals surface area contributed by atoms with Crippen LogP contribution in [-0.4, -0.2) is 48.4 Å². The number of nitrogens with zero attached hydrogens (tertiary/aromatic N) is 2. The van der Waals surface area contributed by atoms with Gasteiger partial charge >= 0.3 is 0 Å². The minimum Gasteiger partial charge on any atom is -0.497 e. The van der Waals surface area contributed by atoms with Crippen LogP contribution in [0.3, 0.4) is 0 Å². The zero-order valence-corrected chi connectivity index (χ0v) is 11.6. The molecule has 6 nitrogen and oxygen atoms in total. The fraction of sp³-hybridized carbons (Fsp3) is 0.267. The quantitative estimate of drug-likeness (QED) is 0.886. The number of aromatic nitrogens is 1. The van der Waals surface area contributed by atoms with Crippen LogP contribution in [0.25, 0.3) is 10.9 Å². The molecule has 21 heavy (non-hydrogen) atoms. The number of pyridine rings is 1. The van der Waals surface area contributed by atoms with Crippen molar-refractivity contribution in [2.45, 2.75) is 0 Å². The zero-order chi connectivity index (χ0) is 14.8. The molecule has 1 aromatic heterocycles. The number of piperazine rings is 1. The average molecular weight is 285 g/mol. The molecule has 1 saturated heterocycles. The molecule has 2 aromatic rings. The number of amides is 2. The van der Waals surface area contributed by atoms with Crippen LogP contribution in [0.2, 0.25) is 0 Å². The van der Waals surface area contributed by atoms with E-state index >= 15 is 0 Å². The first-order valence-electron chi connectivity index (χ1n) is 6.68. The Balaban J connectivity index is 1.89. The monoisotopic (exact) mass is 285 g/mol. The van der Waals surface area contributed by atoms with Crippen molar-refractivity contribution >= 4 is 22.7 Å². The summed E-state index contributed by atoms with van der Waals surface area (Å²) in [6, 6.07) is 9.00. The number of methoxy groups -OCH3 is 1. The number of fused-ring (bicyclic) bond motifs is 1. The summed E-state index contributed by atoms with van der Waals surface area (Å²) in [5.41, 5.74) is 1.07. The summed E-state index contributed by atoms with van der Waals surface area (Å²) in [5.74, 6) is 0.388. The SMILES string of the molecule is COc1ccc2nc(C(=O)N3CCNC(=O)C3)ccc2c1. The van der Waals surface area contributed by atoms with Crippen LogP contribution in [0.1, 0.15) is 10.5 Å². The Morgan fingerprint density at radius 1 is 1.33 bits per heavy atom. The third-order valence-corrected chi connectivity index (χ3v) is 3.44. The molecule has 6 heteroatoms. The maximum absolute atomic E-state index is 12.4. The Kier molecular flexibility index (Phi) is 3.43. The number of carbonyl (C=O) groups excluding carboxylic acids is 2. The van der Waals surface area contributed by atoms with Crippen molar-refractivity contribution in [3.63, 3.8) is 0 Å². The number of hydrogen-bond acceptors (Lipinski definition) is 4. The number of ether oxygens (including phenoxy) is 1. The number of rotatable bonds is 2. The first-order chi connectivity index (χ1) is 10.2. The van der Waals surface area contributed by atoms with Crippen molar-refractivity contribution in [3.05, 3.63) is 36.0 Å². The fourth-order valence-corrected chi connectivity index (χ4v) is 2.32. The van der Waals surface area contributed by atoms with Crippen molar-refractivity contribution < 1.29 is 14.3 Å². The molecule has 0 aliphatic carbocycles. The van der Waals surface area contributed by atoms with E-state index in [1.54, 1.807) is 19.2 Å². The molecule has 1 aliphatic heterocycles. The predicted octanol–water partition coefficient (Wildman–Crippen LogP) is 0.815. The van der Waals surface area contributed by atoms with E-state index in [0.717, 1.165) is 16.7 Å². The third kappa shape index (κ3) is 2.65. The van der Waals surface area contributed by atoms with Crippen LogP contribution >= 0.6 is 0 Å². The molecular formula is C15H15N3O3. The van der Waals surface area contributed by atoms with Crippen molar-refractivity contribution in [2.24, 2.45) is 0 Å². The molecule has 0 radical (unpaired) electrons. The lowest BCUT2D eigenvalue weighted by Gasteiger charge is -2.26. The maximum atomic E-state index is 12.4. The van der Waals surface area contributed by atoms with Gasteiger partial charge in [0.1, 0.15) is 11.4 Å².